The van der Waals surface area contributed by atoms with E-state index in [1.807, 2.05) is 53.1 Å². The van der Waals surface area contributed by atoms with Crippen molar-refractivity contribution in [3.63, 3.8) is 0 Å². The van der Waals surface area contributed by atoms with E-state index in [2.05, 4.69) is 21.7 Å². The summed E-state index contributed by atoms with van der Waals surface area (Å²) in [6, 6.07) is 8.35. The molecule has 0 aliphatic heterocycles. The van der Waals surface area contributed by atoms with E-state index < -0.39 is 5.41 Å². The lowest BCUT2D eigenvalue weighted by atomic mass is 9.89. The molecule has 1 amide bonds. The highest BCUT2D eigenvalue weighted by molar-refractivity contribution is 5.97. The van der Waals surface area contributed by atoms with E-state index in [1.54, 1.807) is 11.1 Å². The summed E-state index contributed by atoms with van der Waals surface area (Å²) in [6.45, 7) is 9.43. The Labute approximate surface area is 203 Å². The third-order valence-electron chi connectivity index (χ3n) is 6.78. The number of pyridine rings is 2. The van der Waals surface area contributed by atoms with Crippen molar-refractivity contribution in [3.8, 4) is 5.75 Å². The zero-order valence-corrected chi connectivity index (χ0v) is 21.3. The molecular weight excluding hydrogens is 424 g/mol. The van der Waals surface area contributed by atoms with Crippen molar-refractivity contribution in [3.05, 3.63) is 48.0 Å². The normalized spacial score (nSPS) is 15.0. The maximum atomic E-state index is 12.8. The minimum Gasteiger partial charge on any atom is -0.492 e. The lowest BCUT2D eigenvalue weighted by molar-refractivity contribution is -0.125. The van der Waals surface area contributed by atoms with Crippen LogP contribution in [0.5, 0.6) is 5.75 Å². The maximum absolute atomic E-state index is 12.8. The highest BCUT2D eigenvalue weighted by Gasteiger charge is 2.26. The molecule has 0 saturated heterocycles. The minimum absolute atomic E-state index is 0.0779. The molecule has 6 heteroatoms. The number of rotatable bonds is 7. The number of carbonyl (C=O) groups excluding carboxylic acids is 1. The molecular formula is C28H38N4O2. The molecule has 1 saturated carbocycles. The number of anilines is 1. The molecule has 0 unspecified atom stereocenters. The van der Waals surface area contributed by atoms with Gasteiger partial charge in [0.2, 0.25) is 5.91 Å². The van der Waals surface area contributed by atoms with Crippen LogP contribution >= 0.6 is 0 Å². The molecule has 0 radical (unpaired) electrons. The summed E-state index contributed by atoms with van der Waals surface area (Å²) in [5.41, 5.74) is 3.60. The first-order valence-corrected chi connectivity index (χ1v) is 12.6. The van der Waals surface area contributed by atoms with Crippen LogP contribution in [0.2, 0.25) is 0 Å². The third-order valence-corrected chi connectivity index (χ3v) is 6.78. The molecule has 3 aromatic heterocycles. The van der Waals surface area contributed by atoms with E-state index in [4.69, 9.17) is 9.72 Å². The third kappa shape index (κ3) is 5.43. The zero-order valence-electron chi connectivity index (χ0n) is 21.3. The van der Waals surface area contributed by atoms with Gasteiger partial charge in [-0.1, -0.05) is 40.0 Å². The average molecular weight is 463 g/mol. The van der Waals surface area contributed by atoms with E-state index >= 15 is 0 Å². The molecule has 3 aromatic rings. The smallest absolute Gasteiger partial charge is 0.232 e. The zero-order chi connectivity index (χ0) is 24.3. The van der Waals surface area contributed by atoms with Crippen LogP contribution in [0.25, 0.3) is 11.0 Å². The molecule has 182 valence electrons. The van der Waals surface area contributed by atoms with E-state index in [0.717, 1.165) is 41.1 Å². The predicted octanol–water partition coefficient (Wildman–Crippen LogP) is 6.01. The summed E-state index contributed by atoms with van der Waals surface area (Å²) in [5, 5.41) is 1.07. The van der Waals surface area contributed by atoms with Gasteiger partial charge in [-0.05, 0) is 49.9 Å². The first-order valence-electron chi connectivity index (χ1n) is 12.6. The standard InChI is InChI=1S/C28H38N4O2/c1-6-34-25-13-12-22(29-18-25)16-23-14-21-15-24(31(5)27(33)28(2,3)4)17-30-26(21)32(23)19-20-10-8-7-9-11-20/h12-15,17-18,20H,6-11,16,19H2,1-5H3. The van der Waals surface area contributed by atoms with Crippen molar-refractivity contribution in [2.75, 3.05) is 18.6 Å². The molecule has 3 heterocycles. The molecule has 1 fully saturated rings. The minimum atomic E-state index is -0.443. The molecule has 1 aliphatic rings. The van der Waals surface area contributed by atoms with Crippen LogP contribution in [0.4, 0.5) is 5.69 Å². The molecule has 0 N–H and O–H groups in total. The Kier molecular flexibility index (Phi) is 7.24. The fourth-order valence-electron chi connectivity index (χ4n) is 4.92. The fraction of sp³-hybridized carbons (Fsp3) is 0.536. The molecule has 6 nitrogen and oxygen atoms in total. The van der Waals surface area contributed by atoms with Crippen LogP contribution in [0.3, 0.4) is 0 Å². The van der Waals surface area contributed by atoms with Gasteiger partial charge in [0.05, 0.1) is 24.7 Å². The number of amides is 1. The van der Waals surface area contributed by atoms with Crippen LogP contribution in [-0.2, 0) is 17.8 Å². The van der Waals surface area contributed by atoms with Crippen molar-refractivity contribution < 1.29 is 9.53 Å². The Morgan fingerprint density at radius 3 is 2.53 bits per heavy atom. The summed E-state index contributed by atoms with van der Waals surface area (Å²) in [5.74, 6) is 1.56. The van der Waals surface area contributed by atoms with Crippen molar-refractivity contribution in [1.29, 1.82) is 0 Å². The quantitative estimate of drug-likeness (QED) is 0.431. The molecule has 0 spiro atoms. The van der Waals surface area contributed by atoms with E-state index in [0.29, 0.717) is 12.5 Å². The first kappa shape index (κ1) is 24.2. The fourth-order valence-corrected chi connectivity index (χ4v) is 4.92. The van der Waals surface area contributed by atoms with Gasteiger partial charge in [-0.3, -0.25) is 9.78 Å². The van der Waals surface area contributed by atoms with E-state index in [9.17, 15) is 4.79 Å². The summed E-state index contributed by atoms with van der Waals surface area (Å²) in [7, 11) is 1.83. The Balaban J connectivity index is 1.68. The lowest BCUT2D eigenvalue weighted by Crippen LogP contribution is -2.36. The van der Waals surface area contributed by atoms with Crippen LogP contribution in [0.1, 0.15) is 71.2 Å². The number of carbonyl (C=O) groups is 1. The topological polar surface area (TPSA) is 60.2 Å². The van der Waals surface area contributed by atoms with E-state index in [-0.39, 0.29) is 5.91 Å². The first-order chi connectivity index (χ1) is 16.3. The summed E-state index contributed by atoms with van der Waals surface area (Å²) in [4.78, 5) is 24.0. The predicted molar refractivity (Wildman–Crippen MR) is 137 cm³/mol. The average Bonchev–Trinajstić information content (AvgIpc) is 3.15. The maximum Gasteiger partial charge on any atom is 0.232 e. The van der Waals surface area contributed by atoms with Crippen molar-refractivity contribution >= 4 is 22.6 Å². The highest BCUT2D eigenvalue weighted by atomic mass is 16.5. The Morgan fingerprint density at radius 2 is 1.88 bits per heavy atom. The summed E-state index contributed by atoms with van der Waals surface area (Å²) < 4.78 is 7.94. The number of aromatic nitrogens is 3. The van der Waals surface area contributed by atoms with Crippen LogP contribution in [0.15, 0.2) is 36.7 Å². The van der Waals surface area contributed by atoms with Crippen molar-refractivity contribution in [2.24, 2.45) is 11.3 Å². The largest absolute Gasteiger partial charge is 0.492 e. The van der Waals surface area contributed by atoms with Gasteiger partial charge in [0, 0.05) is 42.2 Å². The summed E-state index contributed by atoms with van der Waals surface area (Å²) >= 11 is 0. The number of hydrogen-bond donors (Lipinski definition) is 0. The monoisotopic (exact) mass is 462 g/mol. The second kappa shape index (κ2) is 10.2. The molecule has 0 atom stereocenters. The second-order valence-electron chi connectivity index (χ2n) is 10.6. The molecule has 34 heavy (non-hydrogen) atoms. The van der Waals surface area contributed by atoms with Gasteiger partial charge >= 0.3 is 0 Å². The Bertz CT molecular complexity index is 1120. The van der Waals surface area contributed by atoms with E-state index in [1.165, 1.54) is 37.8 Å². The number of nitrogens with zero attached hydrogens (tertiary/aromatic N) is 4. The molecule has 0 bridgehead atoms. The summed E-state index contributed by atoms with van der Waals surface area (Å²) in [6.07, 6.45) is 10.9. The Hall–Kier alpha value is -2.89. The van der Waals surface area contributed by atoms with Gasteiger partial charge in [-0.15, -0.1) is 0 Å². The molecule has 0 aromatic carbocycles. The number of fused-ring (bicyclic) bond motifs is 1. The van der Waals surface area contributed by atoms with Gasteiger partial charge in [0.1, 0.15) is 11.4 Å². The second-order valence-corrected chi connectivity index (χ2v) is 10.6. The molecule has 4 rings (SSSR count). The van der Waals surface area contributed by atoms with Crippen LogP contribution in [-0.4, -0.2) is 34.1 Å². The Morgan fingerprint density at radius 1 is 1.12 bits per heavy atom. The molecule has 1 aliphatic carbocycles. The van der Waals surface area contributed by atoms with Gasteiger partial charge in [-0.2, -0.15) is 0 Å². The lowest BCUT2D eigenvalue weighted by Gasteiger charge is -2.26. The van der Waals surface area contributed by atoms with Crippen LogP contribution in [0, 0.1) is 11.3 Å². The number of hydrogen-bond acceptors (Lipinski definition) is 4. The number of ether oxygens (including phenoxy) is 1. The van der Waals surface area contributed by atoms with Crippen molar-refractivity contribution in [1.82, 2.24) is 14.5 Å². The van der Waals surface area contributed by atoms with Gasteiger partial charge < -0.3 is 14.2 Å². The van der Waals surface area contributed by atoms with Gasteiger partial charge in [0.25, 0.3) is 0 Å². The van der Waals surface area contributed by atoms with Crippen molar-refractivity contribution in [2.45, 2.75) is 72.8 Å². The van der Waals surface area contributed by atoms with Gasteiger partial charge in [-0.25, -0.2) is 4.98 Å². The SMILES string of the molecule is CCOc1ccc(Cc2cc3cc(N(C)C(=O)C(C)(C)C)cnc3n2CC2CCCCC2)nc1. The van der Waals surface area contributed by atoms with Crippen LogP contribution < -0.4 is 9.64 Å². The highest BCUT2D eigenvalue weighted by Crippen LogP contribution is 2.31. The van der Waals surface area contributed by atoms with Gasteiger partial charge in [0.15, 0.2) is 0 Å².